The monoisotopic (exact) mass is 599 g/mol. The fourth-order valence-electron chi connectivity index (χ4n) is 5.45. The number of amides is 2. The van der Waals surface area contributed by atoms with Crippen LogP contribution in [0.25, 0.3) is 11.2 Å². The Hall–Kier alpha value is -4.74. The lowest BCUT2D eigenvalue weighted by atomic mass is 9.99. The van der Waals surface area contributed by atoms with Gasteiger partial charge in [0.25, 0.3) is 5.69 Å². The number of hydrogen-bond donors (Lipinski definition) is 2. The van der Waals surface area contributed by atoms with Crippen LogP contribution in [0.4, 0.5) is 27.9 Å². The number of piperazine rings is 1. The van der Waals surface area contributed by atoms with Gasteiger partial charge in [-0.2, -0.15) is 9.97 Å². The summed E-state index contributed by atoms with van der Waals surface area (Å²) in [5.41, 5.74) is 4.22. The molecule has 5 rings (SSSR count). The van der Waals surface area contributed by atoms with Gasteiger partial charge in [-0.25, -0.2) is 9.78 Å². The molecule has 1 fully saturated rings. The third-order valence-corrected chi connectivity index (χ3v) is 8.17. The molecule has 1 unspecified atom stereocenters. The zero-order valence-electron chi connectivity index (χ0n) is 25.7. The van der Waals surface area contributed by atoms with E-state index in [4.69, 9.17) is 9.97 Å². The van der Waals surface area contributed by atoms with Crippen molar-refractivity contribution in [1.29, 1.82) is 0 Å². The molecule has 2 aromatic heterocycles. The first-order chi connectivity index (χ1) is 21.3. The van der Waals surface area contributed by atoms with Gasteiger partial charge in [0.2, 0.25) is 5.95 Å². The number of nitro groups is 1. The van der Waals surface area contributed by atoms with Crippen molar-refractivity contribution in [3.8, 4) is 0 Å². The number of carbonyl (C=O) groups excluding carboxylic acids is 1. The van der Waals surface area contributed by atoms with Crippen LogP contribution in [0.5, 0.6) is 0 Å². The molecule has 0 bridgehead atoms. The molecule has 0 radical (unpaired) electrons. The van der Waals surface area contributed by atoms with Crippen molar-refractivity contribution in [3.63, 3.8) is 0 Å². The number of unbranched alkanes of at least 4 members (excludes halogenated alkanes) is 1. The van der Waals surface area contributed by atoms with Gasteiger partial charge in [0.15, 0.2) is 17.0 Å². The lowest BCUT2D eigenvalue weighted by Crippen LogP contribution is -2.50. The Morgan fingerprint density at radius 3 is 2.52 bits per heavy atom. The van der Waals surface area contributed by atoms with E-state index in [2.05, 4.69) is 34.4 Å². The highest BCUT2D eigenvalue weighted by Gasteiger charge is 2.25. The van der Waals surface area contributed by atoms with Crippen LogP contribution in [0.1, 0.15) is 50.7 Å². The topological polar surface area (TPSA) is 134 Å². The van der Waals surface area contributed by atoms with E-state index in [1.807, 2.05) is 40.7 Å². The predicted octanol–water partition coefficient (Wildman–Crippen LogP) is 6.07. The first-order valence-corrected chi connectivity index (χ1v) is 15.4. The van der Waals surface area contributed by atoms with Crippen molar-refractivity contribution < 1.29 is 9.72 Å². The van der Waals surface area contributed by atoms with Gasteiger partial charge in [-0.05, 0) is 42.5 Å². The molecule has 12 nitrogen and oxygen atoms in total. The normalized spacial score (nSPS) is 14.1. The number of urea groups is 1. The Bertz CT molecular complexity index is 1580. The molecule has 0 saturated carbocycles. The maximum atomic E-state index is 13.0. The minimum Gasteiger partial charge on any atom is -0.368 e. The molecule has 3 heterocycles. The Kier molecular flexibility index (Phi) is 9.88. The van der Waals surface area contributed by atoms with Crippen LogP contribution in [0.15, 0.2) is 54.9 Å². The Labute approximate surface area is 257 Å². The Balaban J connectivity index is 1.36. The summed E-state index contributed by atoms with van der Waals surface area (Å²) in [6.07, 6.45) is 6.34. The molecule has 2 amide bonds. The van der Waals surface area contributed by atoms with E-state index in [1.54, 1.807) is 18.5 Å². The summed E-state index contributed by atoms with van der Waals surface area (Å²) in [6.45, 7) is 9.96. The van der Waals surface area contributed by atoms with Crippen LogP contribution < -0.4 is 15.5 Å². The number of non-ortho nitro benzene ring substituents is 1. The van der Waals surface area contributed by atoms with Crippen LogP contribution in [0.3, 0.4) is 0 Å². The van der Waals surface area contributed by atoms with Gasteiger partial charge < -0.3 is 25.0 Å². The molecule has 12 heteroatoms. The molecule has 0 spiro atoms. The van der Waals surface area contributed by atoms with E-state index in [0.29, 0.717) is 61.6 Å². The summed E-state index contributed by atoms with van der Waals surface area (Å²) >= 11 is 0. The standard InChI is InChI=1S/C32H41N9O3/c1-4-6-9-24(5-2)20-33-29-28-30(40(22-34-28)21-25-11-13-27(14-12-25)41(43)44)37-31(36-29)38-15-17-39(18-16-38)32(42)35-26-10-7-8-23(3)19-26/h7-8,10-14,19,22,24H,4-6,9,15-18,20-21H2,1-3H3,(H,35,42)(H,33,36,37). The number of nitrogens with zero attached hydrogens (tertiary/aromatic N) is 7. The molecular formula is C32H41N9O3. The third-order valence-electron chi connectivity index (χ3n) is 8.17. The maximum Gasteiger partial charge on any atom is 0.321 e. The highest BCUT2D eigenvalue weighted by molar-refractivity contribution is 5.89. The second kappa shape index (κ2) is 14.2. The molecule has 2 N–H and O–H groups in total. The smallest absolute Gasteiger partial charge is 0.321 e. The highest BCUT2D eigenvalue weighted by atomic mass is 16.6. The number of fused-ring (bicyclic) bond motifs is 1. The second-order valence-corrected chi connectivity index (χ2v) is 11.4. The number of imidazole rings is 1. The predicted molar refractivity (Wildman–Crippen MR) is 173 cm³/mol. The fourth-order valence-corrected chi connectivity index (χ4v) is 5.45. The second-order valence-electron chi connectivity index (χ2n) is 11.4. The number of nitro benzene ring substituents is 1. The van der Waals surface area contributed by atoms with Crippen LogP contribution in [-0.2, 0) is 6.54 Å². The molecule has 1 saturated heterocycles. The number of rotatable bonds is 12. The van der Waals surface area contributed by atoms with Crippen molar-refractivity contribution >= 4 is 40.3 Å². The van der Waals surface area contributed by atoms with Gasteiger partial charge in [-0.3, -0.25) is 10.1 Å². The van der Waals surface area contributed by atoms with E-state index in [9.17, 15) is 14.9 Å². The Morgan fingerprint density at radius 1 is 1.07 bits per heavy atom. The average Bonchev–Trinajstić information content (AvgIpc) is 3.44. The van der Waals surface area contributed by atoms with Gasteiger partial charge in [-0.15, -0.1) is 0 Å². The quantitative estimate of drug-likeness (QED) is 0.148. The molecule has 2 aromatic carbocycles. The van der Waals surface area contributed by atoms with Crippen LogP contribution in [-0.4, -0.2) is 68.1 Å². The lowest BCUT2D eigenvalue weighted by Gasteiger charge is -2.34. The van der Waals surface area contributed by atoms with E-state index < -0.39 is 4.92 Å². The van der Waals surface area contributed by atoms with Crippen LogP contribution in [0.2, 0.25) is 0 Å². The number of anilines is 3. The van der Waals surface area contributed by atoms with Gasteiger partial charge in [-0.1, -0.05) is 57.4 Å². The number of aryl methyl sites for hydroxylation is 1. The van der Waals surface area contributed by atoms with Crippen LogP contribution in [0, 0.1) is 23.0 Å². The average molecular weight is 600 g/mol. The van der Waals surface area contributed by atoms with Crippen molar-refractivity contribution in [1.82, 2.24) is 24.4 Å². The fraction of sp³-hybridized carbons (Fsp3) is 0.438. The summed E-state index contributed by atoms with van der Waals surface area (Å²) in [7, 11) is 0. The van der Waals surface area contributed by atoms with E-state index in [0.717, 1.165) is 36.2 Å². The number of aromatic nitrogens is 4. The molecule has 1 aliphatic rings. The summed E-state index contributed by atoms with van der Waals surface area (Å²) < 4.78 is 1.95. The minimum absolute atomic E-state index is 0.0561. The zero-order chi connectivity index (χ0) is 31.1. The van der Waals surface area contributed by atoms with Crippen molar-refractivity contribution in [2.24, 2.45) is 5.92 Å². The van der Waals surface area contributed by atoms with Crippen LogP contribution >= 0.6 is 0 Å². The first kappa shape index (κ1) is 30.7. The van der Waals surface area contributed by atoms with Crippen molar-refractivity contribution in [3.05, 3.63) is 76.1 Å². The molecule has 4 aromatic rings. The maximum absolute atomic E-state index is 13.0. The molecule has 232 valence electrons. The van der Waals surface area contributed by atoms with Gasteiger partial charge in [0.05, 0.1) is 17.8 Å². The summed E-state index contributed by atoms with van der Waals surface area (Å²) in [5, 5.41) is 17.7. The molecule has 1 aliphatic heterocycles. The Morgan fingerprint density at radius 2 is 1.84 bits per heavy atom. The first-order valence-electron chi connectivity index (χ1n) is 15.4. The van der Waals surface area contributed by atoms with E-state index in [1.165, 1.54) is 25.0 Å². The minimum atomic E-state index is -0.399. The molecular weight excluding hydrogens is 558 g/mol. The molecule has 0 aliphatic carbocycles. The summed E-state index contributed by atoms with van der Waals surface area (Å²) in [5.74, 6) is 1.81. The van der Waals surface area contributed by atoms with E-state index >= 15 is 0 Å². The zero-order valence-corrected chi connectivity index (χ0v) is 25.7. The summed E-state index contributed by atoms with van der Waals surface area (Å²) in [6, 6.07) is 14.2. The lowest BCUT2D eigenvalue weighted by molar-refractivity contribution is -0.384. The highest BCUT2D eigenvalue weighted by Crippen LogP contribution is 2.26. The molecule has 1 atom stereocenters. The largest absolute Gasteiger partial charge is 0.368 e. The van der Waals surface area contributed by atoms with E-state index in [-0.39, 0.29) is 11.7 Å². The number of benzene rings is 2. The summed E-state index contributed by atoms with van der Waals surface area (Å²) in [4.78, 5) is 42.2. The van der Waals surface area contributed by atoms with Gasteiger partial charge in [0.1, 0.15) is 0 Å². The molecule has 44 heavy (non-hydrogen) atoms. The van der Waals surface area contributed by atoms with Gasteiger partial charge >= 0.3 is 6.03 Å². The SMILES string of the molecule is CCCCC(CC)CNc1nc(N2CCN(C(=O)Nc3cccc(C)c3)CC2)nc2c1ncn2Cc1ccc([N+](=O)[O-])cc1. The van der Waals surface area contributed by atoms with Gasteiger partial charge in [0, 0.05) is 50.5 Å². The number of carbonyl (C=O) groups is 1. The van der Waals surface area contributed by atoms with Crippen molar-refractivity contribution in [2.75, 3.05) is 48.3 Å². The number of nitrogens with one attached hydrogen (secondary N) is 2. The third kappa shape index (κ3) is 7.42. The number of hydrogen-bond acceptors (Lipinski definition) is 8. The van der Waals surface area contributed by atoms with Crippen molar-refractivity contribution in [2.45, 2.75) is 53.0 Å².